The van der Waals surface area contributed by atoms with Crippen molar-refractivity contribution in [1.82, 2.24) is 28.5 Å². The molecule has 222 valence electrons. The Bertz CT molecular complexity index is 1640. The maximum absolute atomic E-state index is 13.9. The summed E-state index contributed by atoms with van der Waals surface area (Å²) >= 11 is 0. The Kier molecular flexibility index (Phi) is 8.83. The van der Waals surface area contributed by atoms with Crippen LogP contribution in [-0.4, -0.2) is 36.8 Å². The number of aryl methyl sites for hydroxylation is 1. The van der Waals surface area contributed by atoms with E-state index in [2.05, 4.69) is 32.0 Å². The number of rotatable bonds is 12. The molecule has 3 heterocycles. The van der Waals surface area contributed by atoms with Crippen molar-refractivity contribution in [2.75, 3.05) is 0 Å². The Morgan fingerprint density at radius 1 is 1.10 bits per heavy atom. The Hall–Kier alpha value is -3.38. The van der Waals surface area contributed by atoms with E-state index in [0.717, 1.165) is 13.0 Å². The largest absolute Gasteiger partial charge is 0.400 e. The summed E-state index contributed by atoms with van der Waals surface area (Å²) in [6, 6.07) is 7.21. The molecule has 0 atom stereocenters. The molecule has 3 aromatic heterocycles. The third-order valence-corrected chi connectivity index (χ3v) is 9.74. The van der Waals surface area contributed by atoms with Crippen LogP contribution in [-0.2, 0) is 36.7 Å². The van der Waals surface area contributed by atoms with E-state index in [1.807, 2.05) is 13.8 Å². The Labute approximate surface area is 239 Å². The van der Waals surface area contributed by atoms with Crippen LogP contribution in [0.4, 0.5) is 8.78 Å². The van der Waals surface area contributed by atoms with Crippen LogP contribution in [0.1, 0.15) is 52.2 Å². The predicted octanol–water partition coefficient (Wildman–Crippen LogP) is 5.65. The van der Waals surface area contributed by atoms with Gasteiger partial charge in [0.05, 0.1) is 18.3 Å². The number of hydrogen-bond donors (Lipinski definition) is 0. The predicted molar refractivity (Wildman–Crippen MR) is 159 cm³/mol. The normalized spacial score (nSPS) is 12.6. The van der Waals surface area contributed by atoms with Gasteiger partial charge < -0.3 is 4.43 Å². The zero-order chi connectivity index (χ0) is 30.1. The first-order valence-corrected chi connectivity index (χ1v) is 17.2. The van der Waals surface area contributed by atoms with E-state index in [4.69, 9.17) is 9.41 Å². The first kappa shape index (κ1) is 30.6. The third kappa shape index (κ3) is 6.59. The van der Waals surface area contributed by atoms with Crippen molar-refractivity contribution in [3.05, 3.63) is 68.6 Å². The number of nitrogens with zero attached hydrogens (tertiary/aromatic N) is 6. The highest BCUT2D eigenvalue weighted by molar-refractivity contribution is 6.71. The number of aromatic nitrogens is 6. The van der Waals surface area contributed by atoms with Gasteiger partial charge >= 0.3 is 5.69 Å². The van der Waals surface area contributed by atoms with E-state index in [9.17, 15) is 18.4 Å². The molecule has 4 aromatic rings. The summed E-state index contributed by atoms with van der Waals surface area (Å²) in [4.78, 5) is 31.7. The van der Waals surface area contributed by atoms with Crippen LogP contribution in [0, 0.1) is 5.92 Å². The maximum atomic E-state index is 13.9. The maximum Gasteiger partial charge on any atom is 0.332 e. The van der Waals surface area contributed by atoms with Crippen molar-refractivity contribution in [3.8, 4) is 11.4 Å². The lowest BCUT2D eigenvalue weighted by Crippen LogP contribution is -2.40. The van der Waals surface area contributed by atoms with Gasteiger partial charge in [0.2, 0.25) is 0 Å². The number of fused-ring (bicyclic) bond motifs is 1. The second-order valence-electron chi connectivity index (χ2n) is 11.7. The third-order valence-electron chi connectivity index (χ3n) is 7.03. The van der Waals surface area contributed by atoms with E-state index in [1.165, 1.54) is 21.3 Å². The molecule has 0 spiro atoms. The van der Waals surface area contributed by atoms with E-state index >= 15 is 0 Å². The fourth-order valence-electron chi connectivity index (χ4n) is 5.32. The molecule has 1 aromatic carbocycles. The fourth-order valence-corrected chi connectivity index (χ4v) is 7.88. The van der Waals surface area contributed by atoms with E-state index in [-0.39, 0.29) is 24.5 Å². The average Bonchev–Trinajstić information content (AvgIpc) is 3.49. The Morgan fingerprint density at radius 2 is 1.83 bits per heavy atom. The number of imidazole rings is 1. The summed E-state index contributed by atoms with van der Waals surface area (Å²) in [5.74, 6) is -2.02. The van der Waals surface area contributed by atoms with Gasteiger partial charge in [0, 0.05) is 31.8 Å². The van der Waals surface area contributed by atoms with Crippen molar-refractivity contribution >= 4 is 19.5 Å². The molecular formula is C29H40F2N6O3Si. The molecule has 0 fully saturated rings. The van der Waals surface area contributed by atoms with Crippen LogP contribution in [0.5, 0.6) is 0 Å². The topological polar surface area (TPSA) is 88.9 Å². The van der Waals surface area contributed by atoms with Crippen molar-refractivity contribution in [2.45, 2.75) is 92.5 Å². The lowest BCUT2D eigenvalue weighted by atomic mass is 10.1. The van der Waals surface area contributed by atoms with Crippen LogP contribution >= 0.6 is 0 Å². The fraction of sp³-hybridized carbons (Fsp3) is 0.517. The SMILES string of the molecule is CCCn1c(=O)c2c(nc(-c3cnn(Cc4cccc(C(C)(F)F)c4)c3)n2CO[Si](C)(C)CC(C)C)n(CC)c1=O. The van der Waals surface area contributed by atoms with Gasteiger partial charge in [0.1, 0.15) is 12.6 Å². The first-order chi connectivity index (χ1) is 19.3. The zero-order valence-corrected chi connectivity index (χ0v) is 25.9. The van der Waals surface area contributed by atoms with Crippen molar-refractivity contribution in [2.24, 2.45) is 5.92 Å². The molecular weight excluding hydrogens is 546 g/mol. The average molecular weight is 587 g/mol. The minimum Gasteiger partial charge on any atom is -0.400 e. The van der Waals surface area contributed by atoms with E-state index < -0.39 is 19.8 Å². The molecule has 0 aliphatic heterocycles. The van der Waals surface area contributed by atoms with Gasteiger partial charge in [-0.1, -0.05) is 39.0 Å². The molecule has 0 unspecified atom stereocenters. The molecule has 0 bridgehead atoms. The highest BCUT2D eigenvalue weighted by Gasteiger charge is 2.28. The molecule has 0 saturated heterocycles. The highest BCUT2D eigenvalue weighted by Crippen LogP contribution is 2.28. The van der Waals surface area contributed by atoms with Crippen LogP contribution in [0.3, 0.4) is 0 Å². The second kappa shape index (κ2) is 11.8. The number of halogens is 2. The molecule has 0 aliphatic rings. The van der Waals surface area contributed by atoms with Crippen molar-refractivity contribution < 1.29 is 13.2 Å². The Morgan fingerprint density at radius 3 is 2.46 bits per heavy atom. The smallest absolute Gasteiger partial charge is 0.332 e. The monoisotopic (exact) mass is 586 g/mol. The molecule has 0 N–H and O–H groups in total. The Balaban J connectivity index is 1.83. The summed E-state index contributed by atoms with van der Waals surface area (Å²) in [6.07, 6.45) is 4.03. The highest BCUT2D eigenvalue weighted by atomic mass is 28.4. The molecule has 12 heteroatoms. The zero-order valence-electron chi connectivity index (χ0n) is 24.9. The van der Waals surface area contributed by atoms with Crippen LogP contribution in [0.15, 0.2) is 46.2 Å². The number of hydrogen-bond acceptors (Lipinski definition) is 5. The van der Waals surface area contributed by atoms with Crippen LogP contribution in [0.25, 0.3) is 22.6 Å². The summed E-state index contributed by atoms with van der Waals surface area (Å²) in [6.45, 7) is 14.3. The summed E-state index contributed by atoms with van der Waals surface area (Å²) in [5.41, 5.74) is 1.09. The molecule has 41 heavy (non-hydrogen) atoms. The van der Waals surface area contributed by atoms with E-state index in [0.29, 0.717) is 53.5 Å². The minimum atomic E-state index is -2.94. The van der Waals surface area contributed by atoms with Gasteiger partial charge in [-0.15, -0.1) is 0 Å². The van der Waals surface area contributed by atoms with Crippen LogP contribution in [0.2, 0.25) is 19.1 Å². The quantitative estimate of drug-likeness (QED) is 0.200. The summed E-state index contributed by atoms with van der Waals surface area (Å²) in [5, 5.41) is 4.46. The standard InChI is InChI=1S/C29H40F2N6O3Si/c1-8-13-36-27(38)24-26(35(9-2)28(36)39)33-25(37(24)19-40-41(6,7)18-20(3)4)22-15-32-34(17-22)16-21-11-10-12-23(14-21)29(5,30)31/h10-12,14-15,17,20H,8-9,13,16,18-19H2,1-7H3. The lowest BCUT2D eigenvalue weighted by molar-refractivity contribution is 0.0174. The second-order valence-corrected chi connectivity index (χ2v) is 15.9. The van der Waals surface area contributed by atoms with Gasteiger partial charge in [-0.2, -0.15) is 5.10 Å². The molecule has 0 amide bonds. The van der Waals surface area contributed by atoms with Crippen LogP contribution < -0.4 is 11.2 Å². The van der Waals surface area contributed by atoms with E-state index in [1.54, 1.807) is 33.8 Å². The van der Waals surface area contributed by atoms with Gasteiger partial charge in [0.25, 0.3) is 11.5 Å². The number of benzene rings is 1. The van der Waals surface area contributed by atoms with Gasteiger partial charge in [-0.3, -0.25) is 23.2 Å². The summed E-state index contributed by atoms with van der Waals surface area (Å²) in [7, 11) is -2.09. The number of alkyl halides is 2. The molecule has 9 nitrogen and oxygen atoms in total. The molecule has 4 rings (SSSR count). The molecule has 0 saturated carbocycles. The van der Waals surface area contributed by atoms with Gasteiger partial charge in [-0.05, 0) is 50.0 Å². The van der Waals surface area contributed by atoms with Gasteiger partial charge in [-0.25, -0.2) is 18.6 Å². The van der Waals surface area contributed by atoms with Crippen molar-refractivity contribution in [3.63, 3.8) is 0 Å². The van der Waals surface area contributed by atoms with Gasteiger partial charge in [0.15, 0.2) is 19.5 Å². The minimum absolute atomic E-state index is 0.0598. The summed E-state index contributed by atoms with van der Waals surface area (Å²) < 4.78 is 40.4. The first-order valence-electron chi connectivity index (χ1n) is 14.1. The molecule has 0 radical (unpaired) electrons. The lowest BCUT2D eigenvalue weighted by Gasteiger charge is -2.25. The molecule has 0 aliphatic carbocycles. The van der Waals surface area contributed by atoms with Crippen molar-refractivity contribution in [1.29, 1.82) is 0 Å².